The molecule has 0 aliphatic carbocycles. The molecule has 0 bridgehead atoms. The Morgan fingerprint density at radius 2 is 1.69 bits per heavy atom. The summed E-state index contributed by atoms with van der Waals surface area (Å²) in [6.07, 6.45) is 2.68. The van der Waals surface area contributed by atoms with E-state index in [1.807, 2.05) is 41.0 Å². The van der Waals surface area contributed by atoms with Gasteiger partial charge in [0.05, 0.1) is 12.0 Å². The first-order chi connectivity index (χ1) is 15.3. The number of hydrogen-bond acceptors (Lipinski definition) is 6. The highest BCUT2D eigenvalue weighted by atomic mass is 16.7. The molecule has 4 rings (SSSR count). The van der Waals surface area contributed by atoms with Crippen molar-refractivity contribution in [2.24, 2.45) is 0 Å². The lowest BCUT2D eigenvalue weighted by Crippen LogP contribution is -2.44. The van der Waals surface area contributed by atoms with E-state index in [-0.39, 0.29) is 11.5 Å². The quantitative estimate of drug-likeness (QED) is 0.415. The lowest BCUT2D eigenvalue weighted by molar-refractivity contribution is -0.217. The van der Waals surface area contributed by atoms with Crippen molar-refractivity contribution in [2.45, 2.75) is 58.8 Å². The minimum Gasteiger partial charge on any atom is -0.466 e. The van der Waals surface area contributed by atoms with E-state index in [0.717, 1.165) is 34.5 Å². The van der Waals surface area contributed by atoms with E-state index in [1.54, 1.807) is 6.92 Å². The fourth-order valence-electron chi connectivity index (χ4n) is 4.31. The van der Waals surface area contributed by atoms with Crippen molar-refractivity contribution in [1.29, 1.82) is 0 Å². The molecule has 0 unspecified atom stereocenters. The van der Waals surface area contributed by atoms with Crippen LogP contribution in [0.1, 0.15) is 46.5 Å². The Labute approximate surface area is 185 Å². The Bertz CT molecular complexity index is 1230. The molecule has 0 N–H and O–H groups in total. The highest BCUT2D eigenvalue weighted by molar-refractivity contribution is 6.38. The summed E-state index contributed by atoms with van der Waals surface area (Å²) < 4.78 is 17.8. The van der Waals surface area contributed by atoms with Gasteiger partial charge in [0, 0.05) is 43.1 Å². The van der Waals surface area contributed by atoms with Crippen molar-refractivity contribution in [3.8, 4) is 0 Å². The van der Waals surface area contributed by atoms with Crippen LogP contribution in [-0.2, 0) is 35.1 Å². The molecule has 0 radical (unpaired) electrons. The van der Waals surface area contributed by atoms with E-state index >= 15 is 0 Å². The Balaban J connectivity index is 1.76. The van der Waals surface area contributed by atoms with Gasteiger partial charge in [-0.2, -0.15) is 0 Å². The maximum absolute atomic E-state index is 12.9. The molecular weight excluding hydrogens is 410 g/mol. The summed E-state index contributed by atoms with van der Waals surface area (Å²) in [7, 11) is 0. The molecule has 0 spiro atoms. The number of aryl methyl sites for hydroxylation is 1. The van der Waals surface area contributed by atoms with Crippen molar-refractivity contribution >= 4 is 45.2 Å². The summed E-state index contributed by atoms with van der Waals surface area (Å²) in [6.45, 7) is 5.83. The number of carbonyl (C=O) groups excluding carboxylic acids is 3. The molecule has 1 aliphatic heterocycles. The first-order valence-electron chi connectivity index (χ1n) is 11.0. The number of cyclic esters (lactones) is 2. The summed E-state index contributed by atoms with van der Waals surface area (Å²) in [6, 6.07) is 11.8. The van der Waals surface area contributed by atoms with Gasteiger partial charge in [0.2, 0.25) is 0 Å². The van der Waals surface area contributed by atoms with Gasteiger partial charge >= 0.3 is 17.9 Å². The van der Waals surface area contributed by atoms with Gasteiger partial charge in [0.15, 0.2) is 5.57 Å². The normalized spacial score (nSPS) is 15.8. The van der Waals surface area contributed by atoms with Crippen LogP contribution in [0, 0.1) is 0 Å². The van der Waals surface area contributed by atoms with Gasteiger partial charge in [-0.25, -0.2) is 9.59 Å². The van der Waals surface area contributed by atoms with Crippen molar-refractivity contribution in [2.75, 3.05) is 6.61 Å². The zero-order chi connectivity index (χ0) is 22.9. The minimum atomic E-state index is -1.30. The largest absolute Gasteiger partial charge is 0.466 e. The van der Waals surface area contributed by atoms with Crippen LogP contribution in [0.3, 0.4) is 0 Å². The fourth-order valence-corrected chi connectivity index (χ4v) is 4.31. The Hall–Kier alpha value is -3.35. The van der Waals surface area contributed by atoms with Crippen LogP contribution in [0.2, 0.25) is 0 Å². The zero-order valence-corrected chi connectivity index (χ0v) is 18.6. The van der Waals surface area contributed by atoms with Gasteiger partial charge in [-0.15, -0.1) is 0 Å². The fraction of sp³-hybridized carbons (Fsp3) is 0.400. The number of nitrogens with zero attached hydrogens (tertiary/aromatic N) is 1. The number of carbonyl (C=O) groups is 3. The lowest BCUT2D eigenvalue weighted by Gasteiger charge is -2.29. The Morgan fingerprint density at radius 1 is 1.00 bits per heavy atom. The smallest absolute Gasteiger partial charge is 0.351 e. The maximum Gasteiger partial charge on any atom is 0.351 e. The molecule has 1 fully saturated rings. The lowest BCUT2D eigenvalue weighted by atomic mass is 10.1. The molecule has 1 saturated heterocycles. The van der Waals surface area contributed by atoms with Crippen LogP contribution in [0.25, 0.3) is 27.2 Å². The van der Waals surface area contributed by atoms with Gasteiger partial charge < -0.3 is 18.8 Å². The van der Waals surface area contributed by atoms with Gasteiger partial charge in [-0.1, -0.05) is 36.8 Å². The number of ether oxygens (including phenoxy) is 3. The molecule has 1 aromatic heterocycles. The van der Waals surface area contributed by atoms with E-state index in [4.69, 9.17) is 14.2 Å². The van der Waals surface area contributed by atoms with E-state index in [1.165, 1.54) is 13.8 Å². The molecular formula is C25H27NO6. The SMILES string of the molecule is CCOC(=O)CCCCCn1c(=C2C(=O)OC(C)(C)OC2=O)c2cccc3cccc1c32. The second kappa shape index (κ2) is 8.65. The number of aromatic nitrogens is 1. The minimum absolute atomic E-state index is 0.0838. The molecule has 32 heavy (non-hydrogen) atoms. The van der Waals surface area contributed by atoms with E-state index < -0.39 is 17.7 Å². The highest BCUT2D eigenvalue weighted by Gasteiger charge is 2.40. The predicted molar refractivity (Wildman–Crippen MR) is 119 cm³/mol. The predicted octanol–water partition coefficient (Wildman–Crippen LogP) is 3.62. The first kappa shape index (κ1) is 21.9. The average molecular weight is 437 g/mol. The van der Waals surface area contributed by atoms with Crippen molar-refractivity contribution in [1.82, 2.24) is 4.57 Å². The van der Waals surface area contributed by atoms with Gasteiger partial charge in [-0.05, 0) is 31.2 Å². The third-order valence-corrected chi connectivity index (χ3v) is 5.59. The Morgan fingerprint density at radius 3 is 2.38 bits per heavy atom. The summed E-state index contributed by atoms with van der Waals surface area (Å²) in [5, 5.41) is 3.36. The third kappa shape index (κ3) is 4.07. The molecule has 0 atom stereocenters. The van der Waals surface area contributed by atoms with Crippen LogP contribution in [0.5, 0.6) is 0 Å². The van der Waals surface area contributed by atoms with Crippen molar-refractivity contribution in [3.05, 3.63) is 41.7 Å². The molecule has 2 heterocycles. The summed E-state index contributed by atoms with van der Waals surface area (Å²) in [4.78, 5) is 37.3. The standard InChI is InChI=1S/C25H27NO6/c1-4-30-19(27)14-6-5-7-15-26-18-13-9-11-16-10-8-12-17(20(16)18)22(26)21-23(28)31-25(2,3)32-24(21)29/h8-13H,4-7,14-15H2,1-3H3. The second-order valence-corrected chi connectivity index (χ2v) is 8.35. The van der Waals surface area contributed by atoms with Crippen LogP contribution >= 0.6 is 0 Å². The third-order valence-electron chi connectivity index (χ3n) is 5.59. The van der Waals surface area contributed by atoms with Crippen LogP contribution < -0.4 is 5.35 Å². The summed E-state index contributed by atoms with van der Waals surface area (Å²) in [5.41, 5.74) is 0.857. The van der Waals surface area contributed by atoms with Gasteiger partial charge in [0.1, 0.15) is 0 Å². The summed E-state index contributed by atoms with van der Waals surface area (Å²) in [5.74, 6) is -2.85. The molecule has 168 valence electrons. The van der Waals surface area contributed by atoms with Crippen molar-refractivity contribution < 1.29 is 28.6 Å². The monoisotopic (exact) mass is 437 g/mol. The number of esters is 3. The number of hydrogen-bond donors (Lipinski definition) is 0. The van der Waals surface area contributed by atoms with Crippen molar-refractivity contribution in [3.63, 3.8) is 0 Å². The second-order valence-electron chi connectivity index (χ2n) is 8.35. The molecule has 3 aromatic rings. The number of benzene rings is 2. The van der Waals surface area contributed by atoms with Crippen LogP contribution in [0.4, 0.5) is 0 Å². The average Bonchev–Trinajstić information content (AvgIpc) is 3.02. The zero-order valence-electron chi connectivity index (χ0n) is 18.6. The van der Waals surface area contributed by atoms with Gasteiger partial charge in [0.25, 0.3) is 5.79 Å². The molecule has 0 saturated carbocycles. The van der Waals surface area contributed by atoms with E-state index in [2.05, 4.69) is 0 Å². The molecule has 2 aromatic carbocycles. The summed E-state index contributed by atoms with van der Waals surface area (Å²) >= 11 is 0. The van der Waals surface area contributed by atoms with Gasteiger partial charge in [-0.3, -0.25) is 4.79 Å². The molecule has 7 nitrogen and oxygen atoms in total. The number of rotatable bonds is 7. The molecule has 7 heteroatoms. The molecule has 0 amide bonds. The number of unbranched alkanes of at least 4 members (excludes halogenated alkanes) is 2. The Kier molecular flexibility index (Phi) is 5.91. The van der Waals surface area contributed by atoms with E-state index in [9.17, 15) is 14.4 Å². The maximum atomic E-state index is 12.9. The van der Waals surface area contributed by atoms with E-state index in [0.29, 0.717) is 31.3 Å². The van der Waals surface area contributed by atoms with Crippen LogP contribution in [-0.4, -0.2) is 34.9 Å². The highest BCUT2D eigenvalue weighted by Crippen LogP contribution is 2.29. The molecule has 1 aliphatic rings. The topological polar surface area (TPSA) is 83.8 Å². The van der Waals surface area contributed by atoms with Crippen LogP contribution in [0.15, 0.2) is 36.4 Å². The first-order valence-corrected chi connectivity index (χ1v) is 11.0.